The summed E-state index contributed by atoms with van der Waals surface area (Å²) in [6, 6.07) is 22.8. The topological polar surface area (TPSA) is 107 Å². The Kier molecular flexibility index (Phi) is 7.79. The summed E-state index contributed by atoms with van der Waals surface area (Å²) in [7, 11) is 3.15. The van der Waals surface area contributed by atoms with Gasteiger partial charge < -0.3 is 34.3 Å². The van der Waals surface area contributed by atoms with Crippen molar-refractivity contribution < 1.29 is 33.6 Å². The molecule has 220 valence electrons. The summed E-state index contributed by atoms with van der Waals surface area (Å²) < 4.78 is 23.3. The molecule has 0 aromatic heterocycles. The number of carbonyl (C=O) groups is 2. The van der Waals surface area contributed by atoms with Crippen LogP contribution in [0.25, 0.3) is 0 Å². The molecule has 9 heteroatoms. The quantitative estimate of drug-likeness (QED) is 0.330. The molecular weight excluding hydrogens is 548 g/mol. The zero-order valence-corrected chi connectivity index (χ0v) is 24.0. The van der Waals surface area contributed by atoms with E-state index in [9.17, 15) is 14.7 Å². The SMILES string of the molecule is COc1ccc(C(=O)N2CCc3cc4c(OC)cc3C2c2cccc(c2)OCCCNC(=O)c2cc(ccc2O)O4)cc1. The Morgan fingerprint density at radius 2 is 1.81 bits per heavy atom. The van der Waals surface area contributed by atoms with Gasteiger partial charge in [-0.1, -0.05) is 12.1 Å². The average molecular weight is 581 g/mol. The van der Waals surface area contributed by atoms with E-state index in [0.29, 0.717) is 66.8 Å². The molecule has 3 aliphatic heterocycles. The Morgan fingerprint density at radius 3 is 2.60 bits per heavy atom. The summed E-state index contributed by atoms with van der Waals surface area (Å²) in [5.74, 6) is 1.99. The smallest absolute Gasteiger partial charge is 0.255 e. The number of carbonyl (C=O) groups excluding carboxylic acids is 2. The van der Waals surface area contributed by atoms with E-state index in [4.69, 9.17) is 18.9 Å². The van der Waals surface area contributed by atoms with Crippen molar-refractivity contribution >= 4 is 11.8 Å². The van der Waals surface area contributed by atoms with Crippen molar-refractivity contribution in [1.82, 2.24) is 10.2 Å². The minimum Gasteiger partial charge on any atom is -0.507 e. The number of methoxy groups -OCH3 is 2. The number of benzene rings is 4. The van der Waals surface area contributed by atoms with E-state index in [1.165, 1.54) is 12.1 Å². The highest BCUT2D eigenvalue weighted by Gasteiger charge is 2.34. The van der Waals surface area contributed by atoms with Crippen LogP contribution in [-0.2, 0) is 6.42 Å². The monoisotopic (exact) mass is 580 g/mol. The lowest BCUT2D eigenvalue weighted by Crippen LogP contribution is -2.40. The van der Waals surface area contributed by atoms with Gasteiger partial charge in [-0.05, 0) is 96.3 Å². The van der Waals surface area contributed by atoms with E-state index < -0.39 is 11.9 Å². The predicted octanol–water partition coefficient (Wildman–Crippen LogP) is 5.50. The van der Waals surface area contributed by atoms with Crippen LogP contribution in [0.15, 0.2) is 78.9 Å². The fraction of sp³-hybridized carbons (Fsp3) is 0.235. The second-order valence-corrected chi connectivity index (χ2v) is 10.4. The van der Waals surface area contributed by atoms with Crippen LogP contribution in [0.4, 0.5) is 0 Å². The van der Waals surface area contributed by atoms with Crippen molar-refractivity contribution in [3.05, 3.63) is 107 Å². The average Bonchev–Trinajstić information content (AvgIpc) is 3.04. The number of amides is 2. The second-order valence-electron chi connectivity index (χ2n) is 10.4. The lowest BCUT2D eigenvalue weighted by atomic mass is 9.87. The van der Waals surface area contributed by atoms with Crippen molar-refractivity contribution in [3.63, 3.8) is 0 Å². The number of ether oxygens (including phenoxy) is 4. The van der Waals surface area contributed by atoms with Crippen LogP contribution >= 0.6 is 0 Å². The van der Waals surface area contributed by atoms with Gasteiger partial charge in [0.25, 0.3) is 11.8 Å². The third kappa shape index (κ3) is 5.66. The molecule has 0 radical (unpaired) electrons. The first kappa shape index (κ1) is 28.0. The van der Waals surface area contributed by atoms with Gasteiger partial charge in [-0.2, -0.15) is 0 Å². The Morgan fingerprint density at radius 1 is 0.977 bits per heavy atom. The van der Waals surface area contributed by atoms with Crippen molar-refractivity contribution in [1.29, 1.82) is 0 Å². The van der Waals surface area contributed by atoms with Crippen LogP contribution in [0.2, 0.25) is 0 Å². The fourth-order valence-electron chi connectivity index (χ4n) is 5.56. The summed E-state index contributed by atoms with van der Waals surface area (Å²) >= 11 is 0. The number of rotatable bonds is 3. The molecule has 8 bridgehead atoms. The zero-order chi connectivity index (χ0) is 29.9. The van der Waals surface area contributed by atoms with E-state index in [2.05, 4.69) is 5.32 Å². The highest BCUT2D eigenvalue weighted by Crippen LogP contribution is 2.43. The molecule has 7 rings (SSSR count). The van der Waals surface area contributed by atoms with E-state index >= 15 is 0 Å². The number of hydrogen-bond acceptors (Lipinski definition) is 7. The third-order valence-corrected chi connectivity index (χ3v) is 7.74. The molecule has 0 spiro atoms. The third-order valence-electron chi connectivity index (χ3n) is 7.74. The van der Waals surface area contributed by atoms with Gasteiger partial charge in [0, 0.05) is 18.7 Å². The van der Waals surface area contributed by atoms with Gasteiger partial charge in [0.2, 0.25) is 0 Å². The molecule has 0 aliphatic carbocycles. The Labute approximate surface area is 249 Å². The van der Waals surface area contributed by atoms with Crippen LogP contribution in [0.1, 0.15) is 49.9 Å². The van der Waals surface area contributed by atoms with Crippen LogP contribution in [0.3, 0.4) is 0 Å². The first-order valence-corrected chi connectivity index (χ1v) is 14.1. The van der Waals surface area contributed by atoms with Gasteiger partial charge in [0.1, 0.15) is 23.0 Å². The minimum atomic E-state index is -0.414. The number of nitrogens with zero attached hydrogens (tertiary/aromatic N) is 1. The fourth-order valence-corrected chi connectivity index (χ4v) is 5.56. The molecule has 1 unspecified atom stereocenters. The Hall–Kier alpha value is -5.18. The van der Waals surface area contributed by atoms with E-state index in [0.717, 1.165) is 16.7 Å². The maximum atomic E-state index is 14.0. The van der Waals surface area contributed by atoms with E-state index in [1.807, 2.05) is 41.3 Å². The van der Waals surface area contributed by atoms with Crippen LogP contribution in [0.5, 0.6) is 34.5 Å². The van der Waals surface area contributed by atoms with Crippen LogP contribution in [-0.4, -0.2) is 55.7 Å². The standard InChI is InChI=1S/C34H32N2O7/c1-40-24-9-7-21(8-10-24)34(39)36-15-13-22-18-31-30(41-2)20-27(22)32(36)23-5-3-6-25(17-23)42-16-4-14-35-33(38)28-19-26(43-31)11-12-29(28)37/h3,5-12,17-20,32,37H,4,13-16H2,1-2H3,(H,35,38). The molecule has 4 aromatic carbocycles. The number of phenolic OH excluding ortho intramolecular Hbond substituents is 1. The number of fused-ring (bicyclic) bond motifs is 6. The summed E-state index contributed by atoms with van der Waals surface area (Å²) in [6.07, 6.45) is 1.15. The van der Waals surface area contributed by atoms with E-state index in [1.54, 1.807) is 44.6 Å². The van der Waals surface area contributed by atoms with Gasteiger partial charge in [-0.25, -0.2) is 0 Å². The van der Waals surface area contributed by atoms with Crippen molar-refractivity contribution in [2.24, 2.45) is 0 Å². The number of phenols is 1. The molecule has 1 atom stereocenters. The minimum absolute atomic E-state index is 0.0987. The molecule has 2 N–H and O–H groups in total. The summed E-state index contributed by atoms with van der Waals surface area (Å²) in [6.45, 7) is 1.20. The Bertz CT molecular complexity index is 1670. The molecule has 0 saturated carbocycles. The molecule has 3 heterocycles. The molecule has 4 aromatic rings. The molecule has 3 aliphatic rings. The lowest BCUT2D eigenvalue weighted by molar-refractivity contribution is 0.0693. The normalized spacial score (nSPS) is 16.2. The highest BCUT2D eigenvalue weighted by atomic mass is 16.5. The van der Waals surface area contributed by atoms with Gasteiger partial charge in [0.05, 0.1) is 32.4 Å². The Balaban J connectivity index is 1.47. The number of aromatic hydroxyl groups is 1. The first-order valence-electron chi connectivity index (χ1n) is 14.1. The largest absolute Gasteiger partial charge is 0.507 e. The van der Waals surface area contributed by atoms with Crippen molar-refractivity contribution in [3.8, 4) is 34.5 Å². The first-order chi connectivity index (χ1) is 20.9. The highest BCUT2D eigenvalue weighted by molar-refractivity contribution is 5.97. The molecule has 9 nitrogen and oxygen atoms in total. The summed E-state index contributed by atoms with van der Waals surface area (Å²) in [5, 5.41) is 13.2. The summed E-state index contributed by atoms with van der Waals surface area (Å²) in [4.78, 5) is 28.7. The van der Waals surface area contributed by atoms with Gasteiger partial charge in [0.15, 0.2) is 11.5 Å². The molecule has 0 saturated heterocycles. The van der Waals surface area contributed by atoms with Crippen LogP contribution < -0.4 is 24.3 Å². The lowest BCUT2D eigenvalue weighted by Gasteiger charge is -2.38. The molecule has 2 amide bonds. The molecular formula is C34H32N2O7. The summed E-state index contributed by atoms with van der Waals surface area (Å²) in [5.41, 5.74) is 3.49. The van der Waals surface area contributed by atoms with E-state index in [-0.39, 0.29) is 17.2 Å². The van der Waals surface area contributed by atoms with Gasteiger partial charge in [-0.3, -0.25) is 9.59 Å². The predicted molar refractivity (Wildman–Crippen MR) is 160 cm³/mol. The maximum absolute atomic E-state index is 14.0. The van der Waals surface area contributed by atoms with Crippen molar-refractivity contribution in [2.75, 3.05) is 33.9 Å². The maximum Gasteiger partial charge on any atom is 0.255 e. The number of nitrogens with one attached hydrogen (secondary N) is 1. The number of hydrogen-bond donors (Lipinski definition) is 2. The van der Waals surface area contributed by atoms with Crippen molar-refractivity contribution in [2.45, 2.75) is 18.9 Å². The second kappa shape index (κ2) is 12.0. The van der Waals surface area contributed by atoms with Crippen LogP contribution in [0, 0.1) is 0 Å². The van der Waals surface area contributed by atoms with Gasteiger partial charge >= 0.3 is 0 Å². The molecule has 0 fully saturated rings. The van der Waals surface area contributed by atoms with Gasteiger partial charge in [-0.15, -0.1) is 0 Å². The molecule has 43 heavy (non-hydrogen) atoms. The zero-order valence-electron chi connectivity index (χ0n) is 24.0.